The average molecular weight is 349 g/mol. The van der Waals surface area contributed by atoms with Gasteiger partial charge in [0.1, 0.15) is 17.5 Å². The predicted octanol–water partition coefficient (Wildman–Crippen LogP) is 2.61. The number of likely N-dealkylation sites (tertiary alicyclic amines) is 1. The number of hydrogen-bond acceptors (Lipinski definition) is 4. The number of pyridine rings is 2. The third-order valence-electron chi connectivity index (χ3n) is 4.62. The van der Waals surface area contributed by atoms with Crippen LogP contribution in [0, 0.1) is 0 Å². The average Bonchev–Trinajstić information content (AvgIpc) is 2.69. The monoisotopic (exact) mass is 349 g/mol. The van der Waals surface area contributed by atoms with Crippen molar-refractivity contribution in [3.8, 4) is 5.75 Å². The first-order valence-electron chi connectivity index (χ1n) is 8.70. The SMILES string of the molecule is O=C(c1ccc2c(=O)[nH]ccc2n1)N1CCC(Oc2ccccc2)CC1. The largest absolute Gasteiger partial charge is 0.490 e. The maximum absolute atomic E-state index is 12.7. The molecule has 6 heteroatoms. The Balaban J connectivity index is 1.43. The van der Waals surface area contributed by atoms with Gasteiger partial charge < -0.3 is 14.6 Å². The fourth-order valence-corrected chi connectivity index (χ4v) is 3.22. The summed E-state index contributed by atoms with van der Waals surface area (Å²) in [5.74, 6) is 0.754. The van der Waals surface area contributed by atoms with Gasteiger partial charge in [0.2, 0.25) is 0 Å². The van der Waals surface area contributed by atoms with E-state index in [9.17, 15) is 9.59 Å². The van der Waals surface area contributed by atoms with Crippen molar-refractivity contribution < 1.29 is 9.53 Å². The quantitative estimate of drug-likeness (QED) is 0.789. The van der Waals surface area contributed by atoms with Crippen LogP contribution in [0.25, 0.3) is 10.9 Å². The van der Waals surface area contributed by atoms with E-state index >= 15 is 0 Å². The van der Waals surface area contributed by atoms with Crippen LogP contribution in [0.1, 0.15) is 23.3 Å². The van der Waals surface area contributed by atoms with Gasteiger partial charge in [-0.15, -0.1) is 0 Å². The van der Waals surface area contributed by atoms with Crippen LogP contribution in [0.4, 0.5) is 0 Å². The lowest BCUT2D eigenvalue weighted by Crippen LogP contribution is -2.42. The number of nitrogens with zero attached hydrogens (tertiary/aromatic N) is 2. The number of nitrogens with one attached hydrogen (secondary N) is 1. The molecular formula is C20H19N3O3. The number of H-pyrrole nitrogens is 1. The number of carbonyl (C=O) groups excluding carboxylic acids is 1. The summed E-state index contributed by atoms with van der Waals surface area (Å²) in [7, 11) is 0. The fraction of sp³-hybridized carbons (Fsp3) is 0.250. The minimum Gasteiger partial charge on any atom is -0.490 e. The van der Waals surface area contributed by atoms with Crippen LogP contribution in [-0.2, 0) is 0 Å². The zero-order valence-corrected chi connectivity index (χ0v) is 14.2. The maximum Gasteiger partial charge on any atom is 0.272 e. The van der Waals surface area contributed by atoms with E-state index in [1.807, 2.05) is 30.3 Å². The highest BCUT2D eigenvalue weighted by Crippen LogP contribution is 2.20. The molecule has 1 saturated heterocycles. The molecule has 1 aliphatic heterocycles. The number of carbonyl (C=O) groups is 1. The van der Waals surface area contributed by atoms with Gasteiger partial charge in [-0.3, -0.25) is 9.59 Å². The van der Waals surface area contributed by atoms with Crippen molar-refractivity contribution in [2.75, 3.05) is 13.1 Å². The zero-order chi connectivity index (χ0) is 17.9. The van der Waals surface area contributed by atoms with Crippen LogP contribution in [0.3, 0.4) is 0 Å². The molecule has 1 amide bonds. The first-order valence-corrected chi connectivity index (χ1v) is 8.70. The topological polar surface area (TPSA) is 75.3 Å². The Morgan fingerprint density at radius 3 is 2.62 bits per heavy atom. The van der Waals surface area contributed by atoms with Gasteiger partial charge in [-0.05, 0) is 30.3 Å². The number of fused-ring (bicyclic) bond motifs is 1. The third kappa shape index (κ3) is 3.31. The second-order valence-corrected chi connectivity index (χ2v) is 6.36. The molecule has 1 N–H and O–H groups in total. The number of piperidine rings is 1. The molecule has 0 saturated carbocycles. The van der Waals surface area contributed by atoms with E-state index in [0.717, 1.165) is 18.6 Å². The first-order chi connectivity index (χ1) is 12.7. The van der Waals surface area contributed by atoms with Gasteiger partial charge in [-0.1, -0.05) is 18.2 Å². The molecule has 0 radical (unpaired) electrons. The van der Waals surface area contributed by atoms with E-state index in [0.29, 0.717) is 29.7 Å². The molecule has 4 rings (SSSR count). The van der Waals surface area contributed by atoms with Gasteiger partial charge in [0.25, 0.3) is 11.5 Å². The van der Waals surface area contributed by atoms with E-state index in [-0.39, 0.29) is 17.6 Å². The van der Waals surface area contributed by atoms with Crippen LogP contribution >= 0.6 is 0 Å². The van der Waals surface area contributed by atoms with Crippen molar-refractivity contribution in [2.24, 2.45) is 0 Å². The first kappa shape index (κ1) is 16.3. The summed E-state index contributed by atoms with van der Waals surface area (Å²) in [6, 6.07) is 14.7. The van der Waals surface area contributed by atoms with Crippen molar-refractivity contribution in [2.45, 2.75) is 18.9 Å². The van der Waals surface area contributed by atoms with E-state index in [2.05, 4.69) is 9.97 Å². The number of amides is 1. The van der Waals surface area contributed by atoms with E-state index < -0.39 is 0 Å². The second-order valence-electron chi connectivity index (χ2n) is 6.36. The van der Waals surface area contributed by atoms with Gasteiger partial charge in [-0.25, -0.2) is 4.98 Å². The molecule has 6 nitrogen and oxygen atoms in total. The van der Waals surface area contributed by atoms with Crippen molar-refractivity contribution in [3.63, 3.8) is 0 Å². The van der Waals surface area contributed by atoms with Crippen LogP contribution in [0.2, 0.25) is 0 Å². The van der Waals surface area contributed by atoms with Crippen molar-refractivity contribution in [1.29, 1.82) is 0 Å². The summed E-state index contributed by atoms with van der Waals surface area (Å²) in [4.78, 5) is 33.2. The van der Waals surface area contributed by atoms with Crippen molar-refractivity contribution >= 4 is 16.8 Å². The lowest BCUT2D eigenvalue weighted by molar-refractivity contribution is 0.0590. The highest BCUT2D eigenvalue weighted by atomic mass is 16.5. The van der Waals surface area contributed by atoms with Gasteiger partial charge in [0.05, 0.1) is 10.9 Å². The predicted molar refractivity (Wildman–Crippen MR) is 98.4 cm³/mol. The minimum absolute atomic E-state index is 0.106. The van der Waals surface area contributed by atoms with E-state index in [4.69, 9.17) is 4.74 Å². The highest BCUT2D eigenvalue weighted by molar-refractivity contribution is 5.94. The Morgan fingerprint density at radius 1 is 1.08 bits per heavy atom. The van der Waals surface area contributed by atoms with Gasteiger partial charge in [0.15, 0.2) is 0 Å². The van der Waals surface area contributed by atoms with Crippen molar-refractivity contribution in [1.82, 2.24) is 14.9 Å². The normalized spacial score (nSPS) is 15.2. The standard InChI is InChI=1S/C20H19N3O3/c24-19-16-6-7-18(22-17(16)8-11-21-19)20(25)23-12-9-15(10-13-23)26-14-4-2-1-3-5-14/h1-8,11,15H,9-10,12-13H2,(H,21,24). The van der Waals surface area contributed by atoms with Crippen molar-refractivity contribution in [3.05, 3.63) is 70.8 Å². The molecule has 0 aliphatic carbocycles. The Labute approximate surface area is 150 Å². The fourth-order valence-electron chi connectivity index (χ4n) is 3.22. The van der Waals surface area contributed by atoms with Gasteiger partial charge >= 0.3 is 0 Å². The minimum atomic E-state index is -0.201. The summed E-state index contributed by atoms with van der Waals surface area (Å²) in [6.07, 6.45) is 3.23. The molecular weight excluding hydrogens is 330 g/mol. The summed E-state index contributed by atoms with van der Waals surface area (Å²) in [5.41, 5.74) is 0.695. The molecule has 26 heavy (non-hydrogen) atoms. The molecule has 0 bridgehead atoms. The number of hydrogen-bond donors (Lipinski definition) is 1. The number of aromatic nitrogens is 2. The second kappa shape index (κ2) is 7.00. The molecule has 3 heterocycles. The summed E-state index contributed by atoms with van der Waals surface area (Å²) in [5, 5.41) is 0.485. The van der Waals surface area contributed by atoms with Crippen LogP contribution < -0.4 is 10.3 Å². The number of para-hydroxylation sites is 1. The Kier molecular flexibility index (Phi) is 4.39. The highest BCUT2D eigenvalue weighted by Gasteiger charge is 2.25. The molecule has 2 aromatic heterocycles. The molecule has 1 aromatic carbocycles. The lowest BCUT2D eigenvalue weighted by Gasteiger charge is -2.32. The molecule has 1 fully saturated rings. The Morgan fingerprint density at radius 2 is 1.85 bits per heavy atom. The van der Waals surface area contributed by atoms with Crippen LogP contribution in [-0.4, -0.2) is 40.0 Å². The summed E-state index contributed by atoms with van der Waals surface area (Å²) < 4.78 is 5.97. The molecule has 0 spiro atoms. The molecule has 0 unspecified atom stereocenters. The number of aromatic amines is 1. The number of benzene rings is 1. The molecule has 3 aromatic rings. The zero-order valence-electron chi connectivity index (χ0n) is 14.2. The number of ether oxygens (including phenoxy) is 1. The van der Waals surface area contributed by atoms with E-state index in [1.54, 1.807) is 29.3 Å². The summed E-state index contributed by atoms with van der Waals surface area (Å²) >= 11 is 0. The maximum atomic E-state index is 12.7. The van der Waals surface area contributed by atoms with E-state index in [1.165, 1.54) is 0 Å². The number of rotatable bonds is 3. The van der Waals surface area contributed by atoms with Crippen LogP contribution in [0.15, 0.2) is 59.5 Å². The van der Waals surface area contributed by atoms with Crippen LogP contribution in [0.5, 0.6) is 5.75 Å². The Hall–Kier alpha value is -3.15. The van der Waals surface area contributed by atoms with Gasteiger partial charge in [-0.2, -0.15) is 0 Å². The lowest BCUT2D eigenvalue weighted by atomic mass is 10.1. The third-order valence-corrected chi connectivity index (χ3v) is 4.62. The smallest absolute Gasteiger partial charge is 0.272 e. The summed E-state index contributed by atoms with van der Waals surface area (Å²) in [6.45, 7) is 1.26. The van der Waals surface area contributed by atoms with Gasteiger partial charge in [0, 0.05) is 32.1 Å². The molecule has 1 aliphatic rings. The Bertz CT molecular complexity index is 976. The molecule has 0 atom stereocenters. The molecule has 132 valence electrons.